The van der Waals surface area contributed by atoms with E-state index in [-0.39, 0.29) is 24.6 Å². The highest BCUT2D eigenvalue weighted by molar-refractivity contribution is 5.96. The maximum absolute atomic E-state index is 13.3. The molecule has 1 heterocycles. The lowest BCUT2D eigenvalue weighted by atomic mass is 10.1. The van der Waals surface area contributed by atoms with Crippen molar-refractivity contribution in [3.63, 3.8) is 0 Å². The number of hydrogen-bond donors (Lipinski definition) is 0. The molecule has 0 fully saturated rings. The number of carbonyl (C=O) groups is 2. The van der Waals surface area contributed by atoms with Crippen molar-refractivity contribution >= 4 is 11.8 Å². The Kier molecular flexibility index (Phi) is 8.15. The number of halogens is 3. The summed E-state index contributed by atoms with van der Waals surface area (Å²) >= 11 is 0. The van der Waals surface area contributed by atoms with Gasteiger partial charge in [-0.2, -0.15) is 13.2 Å². The molecule has 0 atom stereocenters. The first-order chi connectivity index (χ1) is 16.2. The number of hydrogen-bond acceptors (Lipinski definition) is 3. The number of nitrogens with zero attached hydrogens (tertiary/aromatic N) is 2. The first kappa shape index (κ1) is 25.1. The molecule has 0 saturated heterocycles. The fraction of sp³-hybridized carbons (Fsp3) is 0.308. The highest BCUT2D eigenvalue weighted by Crippen LogP contribution is 2.29. The molecule has 180 valence electrons. The van der Waals surface area contributed by atoms with Crippen molar-refractivity contribution in [2.45, 2.75) is 39.5 Å². The number of rotatable bonds is 9. The molecule has 2 amide bonds. The molecule has 3 aromatic rings. The molecule has 8 heteroatoms. The van der Waals surface area contributed by atoms with Crippen LogP contribution in [0.2, 0.25) is 0 Å². The van der Waals surface area contributed by atoms with E-state index in [0.717, 1.165) is 35.6 Å². The normalized spacial score (nSPS) is 11.3. The zero-order valence-corrected chi connectivity index (χ0v) is 19.1. The summed E-state index contributed by atoms with van der Waals surface area (Å²) in [7, 11) is 0. The van der Waals surface area contributed by atoms with Gasteiger partial charge in [0.2, 0.25) is 5.91 Å². The van der Waals surface area contributed by atoms with Crippen LogP contribution >= 0.6 is 0 Å². The van der Waals surface area contributed by atoms with Gasteiger partial charge < -0.3 is 14.2 Å². The standard InChI is InChI=1S/C26H27F3N2O3/c1-3-15-30(25(33)21-10-12-22(13-11-21)26(27,28)29)18-24(32)31(16-20-7-5-4-6-8-20)17-23-14-9-19(2)34-23/h4-14H,3,15-18H2,1-2H3. The van der Waals surface area contributed by atoms with E-state index >= 15 is 0 Å². The molecule has 1 aromatic heterocycles. The summed E-state index contributed by atoms with van der Waals surface area (Å²) in [6, 6.07) is 17.1. The number of aryl methyl sites for hydroxylation is 1. The zero-order valence-electron chi connectivity index (χ0n) is 19.1. The van der Waals surface area contributed by atoms with Gasteiger partial charge in [0.05, 0.1) is 12.1 Å². The van der Waals surface area contributed by atoms with Crippen LogP contribution in [0.1, 0.15) is 46.3 Å². The van der Waals surface area contributed by atoms with Gasteiger partial charge in [0.15, 0.2) is 0 Å². The molecular formula is C26H27F3N2O3. The topological polar surface area (TPSA) is 53.8 Å². The van der Waals surface area contributed by atoms with Crippen LogP contribution in [0.5, 0.6) is 0 Å². The molecule has 0 bridgehead atoms. The van der Waals surface area contributed by atoms with E-state index in [2.05, 4.69) is 0 Å². The Morgan fingerprint density at radius 1 is 0.882 bits per heavy atom. The van der Waals surface area contributed by atoms with E-state index < -0.39 is 17.6 Å². The van der Waals surface area contributed by atoms with Crippen molar-refractivity contribution in [1.29, 1.82) is 0 Å². The van der Waals surface area contributed by atoms with E-state index in [9.17, 15) is 22.8 Å². The molecule has 0 N–H and O–H groups in total. The Hall–Kier alpha value is -3.55. The molecule has 5 nitrogen and oxygen atoms in total. The summed E-state index contributed by atoms with van der Waals surface area (Å²) in [6.45, 7) is 4.35. The average molecular weight is 473 g/mol. The lowest BCUT2D eigenvalue weighted by Crippen LogP contribution is -2.42. The Morgan fingerprint density at radius 2 is 1.56 bits per heavy atom. The average Bonchev–Trinajstić information content (AvgIpc) is 3.22. The quantitative estimate of drug-likeness (QED) is 0.402. The minimum atomic E-state index is -4.48. The van der Waals surface area contributed by atoms with E-state index in [1.807, 2.05) is 50.2 Å². The highest BCUT2D eigenvalue weighted by atomic mass is 19.4. The molecular weight excluding hydrogens is 445 g/mol. The van der Waals surface area contributed by atoms with Crippen molar-refractivity contribution in [3.8, 4) is 0 Å². The van der Waals surface area contributed by atoms with Crippen LogP contribution in [0, 0.1) is 6.92 Å². The minimum absolute atomic E-state index is 0.102. The Balaban J connectivity index is 1.78. The summed E-state index contributed by atoms with van der Waals surface area (Å²) < 4.78 is 44.2. The molecule has 0 spiro atoms. The van der Waals surface area contributed by atoms with Gasteiger partial charge in [0.25, 0.3) is 5.91 Å². The molecule has 0 unspecified atom stereocenters. The monoisotopic (exact) mass is 472 g/mol. The Labute approximate surface area is 196 Å². The number of benzene rings is 2. The van der Waals surface area contributed by atoms with Gasteiger partial charge >= 0.3 is 6.18 Å². The van der Waals surface area contributed by atoms with Gasteiger partial charge in [0.1, 0.15) is 18.1 Å². The third-order valence-electron chi connectivity index (χ3n) is 5.28. The molecule has 2 aromatic carbocycles. The van der Waals surface area contributed by atoms with Crippen molar-refractivity contribution in [2.24, 2.45) is 0 Å². The molecule has 0 saturated carbocycles. The summed E-state index contributed by atoms with van der Waals surface area (Å²) in [4.78, 5) is 29.3. The van der Waals surface area contributed by atoms with Gasteiger partial charge in [-0.1, -0.05) is 37.3 Å². The maximum Gasteiger partial charge on any atom is 0.416 e. The van der Waals surface area contributed by atoms with Crippen LogP contribution in [0.25, 0.3) is 0 Å². The van der Waals surface area contributed by atoms with Crippen LogP contribution in [-0.2, 0) is 24.1 Å². The van der Waals surface area contributed by atoms with Crippen molar-refractivity contribution < 1.29 is 27.2 Å². The molecule has 0 aliphatic carbocycles. The maximum atomic E-state index is 13.3. The van der Waals surface area contributed by atoms with Gasteiger partial charge in [-0.25, -0.2) is 0 Å². The van der Waals surface area contributed by atoms with Crippen LogP contribution in [0.4, 0.5) is 13.2 Å². The van der Waals surface area contributed by atoms with Crippen LogP contribution in [0.3, 0.4) is 0 Å². The number of furan rings is 1. The van der Waals surface area contributed by atoms with E-state index in [0.29, 0.717) is 25.3 Å². The number of amides is 2. The Morgan fingerprint density at radius 3 is 2.12 bits per heavy atom. The highest BCUT2D eigenvalue weighted by Gasteiger charge is 2.30. The molecule has 3 rings (SSSR count). The van der Waals surface area contributed by atoms with Crippen molar-refractivity contribution in [2.75, 3.05) is 13.1 Å². The smallest absolute Gasteiger partial charge is 0.416 e. The lowest BCUT2D eigenvalue weighted by molar-refractivity contribution is -0.137. The molecule has 0 aliphatic heterocycles. The SMILES string of the molecule is CCCN(CC(=O)N(Cc1ccccc1)Cc1ccc(C)o1)C(=O)c1ccc(C(F)(F)F)cc1. The summed E-state index contributed by atoms with van der Waals surface area (Å²) in [5.41, 5.74) is 0.200. The van der Waals surface area contributed by atoms with E-state index in [1.54, 1.807) is 11.0 Å². The van der Waals surface area contributed by atoms with Crippen LogP contribution in [0.15, 0.2) is 71.1 Å². The second-order valence-corrected chi connectivity index (χ2v) is 8.05. The van der Waals surface area contributed by atoms with Crippen molar-refractivity contribution in [1.82, 2.24) is 9.80 Å². The summed E-state index contributed by atoms with van der Waals surface area (Å²) in [6.07, 6.45) is -3.89. The largest absolute Gasteiger partial charge is 0.464 e. The van der Waals surface area contributed by atoms with Crippen molar-refractivity contribution in [3.05, 3.63) is 94.9 Å². The second-order valence-electron chi connectivity index (χ2n) is 8.05. The Bertz CT molecular complexity index is 1090. The van der Waals surface area contributed by atoms with Gasteiger partial charge in [-0.05, 0) is 55.3 Å². The third kappa shape index (κ3) is 6.73. The first-order valence-electron chi connectivity index (χ1n) is 11.0. The van der Waals surface area contributed by atoms with E-state index in [4.69, 9.17) is 4.42 Å². The molecule has 0 aliphatic rings. The number of alkyl halides is 3. The van der Waals surface area contributed by atoms with Gasteiger partial charge in [-0.15, -0.1) is 0 Å². The minimum Gasteiger partial charge on any atom is -0.464 e. The summed E-state index contributed by atoms with van der Waals surface area (Å²) in [5, 5.41) is 0. The second kappa shape index (κ2) is 11.0. The first-order valence-corrected chi connectivity index (χ1v) is 11.0. The predicted molar refractivity (Wildman–Crippen MR) is 122 cm³/mol. The molecule has 0 radical (unpaired) electrons. The predicted octanol–water partition coefficient (Wildman–Crippen LogP) is 5.69. The van der Waals surface area contributed by atoms with Gasteiger partial charge in [0, 0.05) is 18.7 Å². The third-order valence-corrected chi connectivity index (χ3v) is 5.28. The zero-order chi connectivity index (χ0) is 24.7. The molecule has 34 heavy (non-hydrogen) atoms. The fourth-order valence-corrected chi connectivity index (χ4v) is 3.56. The van der Waals surface area contributed by atoms with E-state index in [1.165, 1.54) is 4.90 Å². The fourth-order valence-electron chi connectivity index (χ4n) is 3.56. The lowest BCUT2D eigenvalue weighted by Gasteiger charge is -2.27. The van der Waals surface area contributed by atoms with Gasteiger partial charge in [-0.3, -0.25) is 9.59 Å². The number of carbonyl (C=O) groups excluding carboxylic acids is 2. The summed E-state index contributed by atoms with van der Waals surface area (Å²) in [5.74, 6) is 0.578. The van der Waals surface area contributed by atoms with Crippen LogP contribution < -0.4 is 0 Å². The van der Waals surface area contributed by atoms with Crippen LogP contribution in [-0.4, -0.2) is 34.7 Å².